The van der Waals surface area contributed by atoms with Crippen LogP contribution in [0.3, 0.4) is 0 Å². The van der Waals surface area contributed by atoms with Crippen LogP contribution in [0.25, 0.3) is 0 Å². The Kier molecular flexibility index (Phi) is 7.46. The summed E-state index contributed by atoms with van der Waals surface area (Å²) in [6.07, 6.45) is 6.10. The van der Waals surface area contributed by atoms with Gasteiger partial charge in [0.2, 0.25) is 0 Å². The summed E-state index contributed by atoms with van der Waals surface area (Å²) < 4.78 is 8.35. The number of hydrogen-bond acceptors (Lipinski definition) is 6. The molecule has 0 saturated heterocycles. The Hall–Kier alpha value is -3.41. The maximum absolute atomic E-state index is 12.6. The van der Waals surface area contributed by atoms with E-state index in [0.29, 0.717) is 24.3 Å². The number of hydrogen-bond donors (Lipinski definition) is 1. The quantitative estimate of drug-likeness (QED) is 0.662. The van der Waals surface area contributed by atoms with Crippen LogP contribution in [0.1, 0.15) is 78.8 Å². The zero-order valence-electron chi connectivity index (χ0n) is 18.8. The smallest absolute Gasteiger partial charge is 0.359 e. The Balaban J connectivity index is 1.73. The molecular weight excluding hydrogens is 410 g/mol. The molecule has 2 aromatic heterocycles. The minimum atomic E-state index is -0.791. The molecule has 2 heterocycles. The summed E-state index contributed by atoms with van der Waals surface area (Å²) in [5.74, 6) is -0.864. The number of nitrogens with zero attached hydrogens (tertiary/aromatic N) is 4. The van der Waals surface area contributed by atoms with Crippen LogP contribution < -0.4 is 10.9 Å². The van der Waals surface area contributed by atoms with Gasteiger partial charge in [0.05, 0.1) is 5.56 Å². The topological polar surface area (TPSA) is 119 Å². The van der Waals surface area contributed by atoms with Gasteiger partial charge in [-0.1, -0.05) is 26.2 Å². The summed E-state index contributed by atoms with van der Waals surface area (Å²) in [4.78, 5) is 36.7. The number of esters is 1. The van der Waals surface area contributed by atoms with Crippen LogP contribution in [0, 0.1) is 25.2 Å². The molecule has 1 aliphatic carbocycles. The lowest BCUT2D eigenvalue weighted by molar-refractivity contribution is -0.119. The predicted molar refractivity (Wildman–Crippen MR) is 118 cm³/mol. The molecule has 9 nitrogen and oxygen atoms in total. The number of carbonyl (C=O) groups is 2. The van der Waals surface area contributed by atoms with Crippen molar-refractivity contribution in [1.29, 1.82) is 5.26 Å². The second kappa shape index (κ2) is 10.3. The monoisotopic (exact) mass is 439 g/mol. The molecule has 1 aliphatic rings. The lowest BCUT2D eigenvalue weighted by atomic mass is 9.95. The van der Waals surface area contributed by atoms with Gasteiger partial charge in [0, 0.05) is 24.3 Å². The highest BCUT2D eigenvalue weighted by atomic mass is 16.5. The van der Waals surface area contributed by atoms with Crippen molar-refractivity contribution in [2.24, 2.45) is 0 Å². The third-order valence-electron chi connectivity index (χ3n) is 5.91. The SMILES string of the molecule is CCCn1nc(C(=O)OCC(=O)Nc2c(C#N)c(C)c(C)n2C2CCCCC2)ccc1=O. The zero-order valence-corrected chi connectivity index (χ0v) is 18.8. The van der Waals surface area contributed by atoms with E-state index in [1.54, 1.807) is 0 Å². The molecule has 0 atom stereocenters. The molecular formula is C23H29N5O4. The van der Waals surface area contributed by atoms with E-state index in [1.165, 1.54) is 23.2 Å². The highest BCUT2D eigenvalue weighted by Gasteiger charge is 2.26. The van der Waals surface area contributed by atoms with Crippen LogP contribution in [-0.4, -0.2) is 32.8 Å². The third-order valence-corrected chi connectivity index (χ3v) is 5.91. The summed E-state index contributed by atoms with van der Waals surface area (Å²) in [6.45, 7) is 5.59. The van der Waals surface area contributed by atoms with Crippen molar-refractivity contribution in [2.75, 3.05) is 11.9 Å². The van der Waals surface area contributed by atoms with Crippen LogP contribution in [0.5, 0.6) is 0 Å². The molecule has 9 heteroatoms. The molecule has 2 aromatic rings. The van der Waals surface area contributed by atoms with Gasteiger partial charge in [-0.3, -0.25) is 9.59 Å². The van der Waals surface area contributed by atoms with Gasteiger partial charge < -0.3 is 14.6 Å². The van der Waals surface area contributed by atoms with Gasteiger partial charge in [-0.15, -0.1) is 0 Å². The van der Waals surface area contributed by atoms with E-state index in [2.05, 4.69) is 21.1 Å². The summed E-state index contributed by atoms with van der Waals surface area (Å²) in [5, 5.41) is 16.4. The molecule has 0 bridgehead atoms. The summed E-state index contributed by atoms with van der Waals surface area (Å²) in [5.41, 5.74) is 1.89. The first kappa shape index (κ1) is 23.3. The molecule has 0 aliphatic heterocycles. The summed E-state index contributed by atoms with van der Waals surface area (Å²) >= 11 is 0. The molecule has 0 radical (unpaired) electrons. The lowest BCUT2D eigenvalue weighted by Gasteiger charge is -2.27. The van der Waals surface area contributed by atoms with Crippen molar-refractivity contribution in [2.45, 2.75) is 71.9 Å². The first-order valence-corrected chi connectivity index (χ1v) is 11.0. The van der Waals surface area contributed by atoms with Gasteiger partial charge in [-0.05, 0) is 44.7 Å². The van der Waals surface area contributed by atoms with Crippen molar-refractivity contribution in [1.82, 2.24) is 14.3 Å². The molecule has 1 fully saturated rings. The van der Waals surface area contributed by atoms with Crippen molar-refractivity contribution in [3.63, 3.8) is 0 Å². The van der Waals surface area contributed by atoms with Crippen molar-refractivity contribution < 1.29 is 14.3 Å². The molecule has 3 rings (SSSR count). The first-order valence-electron chi connectivity index (χ1n) is 11.0. The second-order valence-corrected chi connectivity index (χ2v) is 8.11. The second-order valence-electron chi connectivity index (χ2n) is 8.11. The standard InChI is InChI=1S/C23H29N5O4/c1-4-12-27-21(30)11-10-19(26-27)23(31)32-14-20(29)25-22-18(13-24)15(2)16(3)28(22)17-8-6-5-7-9-17/h10-11,17H,4-9,12,14H2,1-3H3,(H,25,29). The van der Waals surface area contributed by atoms with Crippen molar-refractivity contribution in [3.05, 3.63) is 45.0 Å². The van der Waals surface area contributed by atoms with Crippen LogP contribution in [0.2, 0.25) is 0 Å². The Labute approximate surface area is 187 Å². The summed E-state index contributed by atoms with van der Waals surface area (Å²) in [6, 6.07) is 4.96. The third kappa shape index (κ3) is 4.90. The van der Waals surface area contributed by atoms with Gasteiger partial charge in [-0.25, -0.2) is 9.48 Å². The summed E-state index contributed by atoms with van der Waals surface area (Å²) in [7, 11) is 0. The molecule has 1 N–H and O–H groups in total. The number of nitriles is 1. The molecule has 1 amide bonds. The van der Waals surface area contributed by atoms with Gasteiger partial charge in [0.15, 0.2) is 12.3 Å². The van der Waals surface area contributed by atoms with E-state index in [0.717, 1.165) is 36.9 Å². The molecule has 170 valence electrons. The maximum atomic E-state index is 12.6. The van der Waals surface area contributed by atoms with E-state index < -0.39 is 18.5 Å². The average molecular weight is 440 g/mol. The van der Waals surface area contributed by atoms with Gasteiger partial charge in [0.25, 0.3) is 11.5 Å². The minimum Gasteiger partial charge on any atom is -0.451 e. The fourth-order valence-corrected chi connectivity index (χ4v) is 4.19. The molecule has 0 aromatic carbocycles. The number of carbonyl (C=O) groups excluding carboxylic acids is 2. The van der Waals surface area contributed by atoms with Crippen molar-refractivity contribution in [3.8, 4) is 6.07 Å². The van der Waals surface area contributed by atoms with E-state index in [9.17, 15) is 19.6 Å². The Morgan fingerprint density at radius 2 is 1.97 bits per heavy atom. The van der Waals surface area contributed by atoms with Gasteiger partial charge in [0.1, 0.15) is 11.9 Å². The van der Waals surface area contributed by atoms with Gasteiger partial charge in [-0.2, -0.15) is 10.4 Å². The predicted octanol–water partition coefficient (Wildman–Crippen LogP) is 3.24. The Morgan fingerprint density at radius 1 is 1.25 bits per heavy atom. The van der Waals surface area contributed by atoms with E-state index in [1.807, 2.05) is 20.8 Å². The van der Waals surface area contributed by atoms with E-state index in [-0.39, 0.29) is 17.3 Å². The minimum absolute atomic E-state index is 0.0409. The molecule has 1 saturated carbocycles. The van der Waals surface area contributed by atoms with E-state index in [4.69, 9.17) is 4.74 Å². The largest absolute Gasteiger partial charge is 0.451 e. The number of aryl methyl sites for hydroxylation is 1. The molecule has 0 spiro atoms. The van der Waals surface area contributed by atoms with Crippen LogP contribution in [-0.2, 0) is 16.1 Å². The number of ether oxygens (including phenoxy) is 1. The first-order chi connectivity index (χ1) is 15.4. The Morgan fingerprint density at radius 3 is 2.62 bits per heavy atom. The fraction of sp³-hybridized carbons (Fsp3) is 0.522. The normalized spacial score (nSPS) is 14.1. The molecule has 32 heavy (non-hydrogen) atoms. The number of anilines is 1. The maximum Gasteiger partial charge on any atom is 0.359 e. The van der Waals surface area contributed by atoms with Crippen molar-refractivity contribution >= 4 is 17.7 Å². The molecule has 0 unspecified atom stereocenters. The number of nitrogens with one attached hydrogen (secondary N) is 1. The lowest BCUT2D eigenvalue weighted by Crippen LogP contribution is -2.27. The highest BCUT2D eigenvalue weighted by Crippen LogP contribution is 2.36. The van der Waals surface area contributed by atoms with Crippen LogP contribution in [0.4, 0.5) is 5.82 Å². The number of aromatic nitrogens is 3. The van der Waals surface area contributed by atoms with Gasteiger partial charge >= 0.3 is 5.97 Å². The van der Waals surface area contributed by atoms with Crippen LogP contribution in [0.15, 0.2) is 16.9 Å². The average Bonchev–Trinajstić information content (AvgIpc) is 3.03. The Bertz CT molecular complexity index is 1100. The number of rotatable bonds is 7. The zero-order chi connectivity index (χ0) is 23.3. The number of amides is 1. The fourth-order valence-electron chi connectivity index (χ4n) is 4.19. The highest BCUT2D eigenvalue weighted by molar-refractivity contribution is 5.95. The van der Waals surface area contributed by atoms with Crippen LogP contribution >= 0.6 is 0 Å². The van der Waals surface area contributed by atoms with E-state index >= 15 is 0 Å².